The van der Waals surface area contributed by atoms with Gasteiger partial charge in [-0.3, -0.25) is 0 Å². The number of benzene rings is 1. The third kappa shape index (κ3) is 8.88. The number of rotatable bonds is 7. The molecule has 0 aliphatic carbocycles. The fraction of sp³-hybridized carbons (Fsp3) is 0.600. The maximum Gasteiger partial charge on any atom is 0.215 e. The van der Waals surface area contributed by atoms with Crippen LogP contribution in [0.25, 0.3) is 0 Å². The highest BCUT2D eigenvalue weighted by atomic mass is 35.5. The molecule has 2 rings (SSSR count). The van der Waals surface area contributed by atoms with Crippen LogP contribution in [0.15, 0.2) is 24.3 Å². The molecule has 2 N–H and O–H groups in total. The van der Waals surface area contributed by atoms with Gasteiger partial charge in [0.2, 0.25) is 10.0 Å². The lowest BCUT2D eigenvalue weighted by atomic mass is 10.2. The molecule has 134 valence electrons. The maximum absolute atomic E-state index is 12.0. The fourth-order valence-corrected chi connectivity index (χ4v) is 3.71. The molecule has 1 saturated heterocycles. The Morgan fingerprint density at radius 1 is 1.22 bits per heavy atom. The summed E-state index contributed by atoms with van der Waals surface area (Å²) >= 11 is 0. The van der Waals surface area contributed by atoms with Crippen LogP contribution in [-0.4, -0.2) is 52.6 Å². The standard InChI is InChI=1S/C15H25N3O2S.2ClH/c1-14-4-2-5-15(12-14)13-21(19,20)17-6-3-9-18-10-7-16-8-11-18;;/h2,4-5,12,16-17H,3,6-11,13H2,1H3;2*1H. The van der Waals surface area contributed by atoms with E-state index >= 15 is 0 Å². The predicted octanol–water partition coefficient (Wildman–Crippen LogP) is 1.55. The van der Waals surface area contributed by atoms with E-state index in [1.165, 1.54) is 0 Å². The van der Waals surface area contributed by atoms with Gasteiger partial charge >= 0.3 is 0 Å². The van der Waals surface area contributed by atoms with E-state index in [1.54, 1.807) is 0 Å². The first-order valence-electron chi connectivity index (χ1n) is 7.51. The molecule has 0 atom stereocenters. The van der Waals surface area contributed by atoms with Crippen LogP contribution in [0.5, 0.6) is 0 Å². The fourth-order valence-electron chi connectivity index (χ4n) is 2.54. The van der Waals surface area contributed by atoms with Crippen molar-refractivity contribution in [3.63, 3.8) is 0 Å². The molecular formula is C15H27Cl2N3O2S. The SMILES string of the molecule is Cc1cccc(CS(=O)(=O)NCCCN2CCNCC2)c1.Cl.Cl. The van der Waals surface area contributed by atoms with Crippen LogP contribution in [0.3, 0.4) is 0 Å². The van der Waals surface area contributed by atoms with Crippen LogP contribution in [0.4, 0.5) is 0 Å². The minimum absolute atomic E-state index is 0. The molecule has 1 aliphatic rings. The molecule has 1 fully saturated rings. The average Bonchev–Trinajstić information content (AvgIpc) is 2.44. The molecule has 0 radical (unpaired) electrons. The van der Waals surface area contributed by atoms with Crippen LogP contribution in [0.1, 0.15) is 17.5 Å². The lowest BCUT2D eigenvalue weighted by Gasteiger charge is -2.27. The van der Waals surface area contributed by atoms with Crippen molar-refractivity contribution in [1.29, 1.82) is 0 Å². The molecule has 23 heavy (non-hydrogen) atoms. The van der Waals surface area contributed by atoms with Crippen molar-refractivity contribution < 1.29 is 8.42 Å². The van der Waals surface area contributed by atoms with Crippen LogP contribution >= 0.6 is 24.8 Å². The number of nitrogens with one attached hydrogen (secondary N) is 2. The van der Waals surface area contributed by atoms with Gasteiger partial charge in [0.25, 0.3) is 0 Å². The van der Waals surface area contributed by atoms with Crippen molar-refractivity contribution in [2.45, 2.75) is 19.1 Å². The number of halogens is 2. The van der Waals surface area contributed by atoms with E-state index in [1.807, 2.05) is 31.2 Å². The first kappa shape index (κ1) is 22.6. The van der Waals surface area contributed by atoms with E-state index in [-0.39, 0.29) is 30.6 Å². The van der Waals surface area contributed by atoms with Crippen LogP contribution in [-0.2, 0) is 15.8 Å². The Balaban J connectivity index is 0.00000242. The minimum atomic E-state index is -3.24. The van der Waals surface area contributed by atoms with E-state index < -0.39 is 10.0 Å². The minimum Gasteiger partial charge on any atom is -0.314 e. The van der Waals surface area contributed by atoms with Gasteiger partial charge in [-0.05, 0) is 25.5 Å². The van der Waals surface area contributed by atoms with E-state index in [4.69, 9.17) is 0 Å². The molecule has 1 aliphatic heterocycles. The number of sulfonamides is 1. The van der Waals surface area contributed by atoms with E-state index in [2.05, 4.69) is 14.9 Å². The first-order valence-corrected chi connectivity index (χ1v) is 9.16. The molecule has 1 aromatic carbocycles. The van der Waals surface area contributed by atoms with Crippen molar-refractivity contribution in [3.05, 3.63) is 35.4 Å². The van der Waals surface area contributed by atoms with E-state index in [0.717, 1.165) is 50.3 Å². The molecule has 0 spiro atoms. The Morgan fingerprint density at radius 2 is 1.91 bits per heavy atom. The second kappa shape index (κ2) is 11.2. The van der Waals surface area contributed by atoms with Crippen LogP contribution < -0.4 is 10.0 Å². The molecule has 8 heteroatoms. The van der Waals surface area contributed by atoms with Crippen molar-refractivity contribution in [2.24, 2.45) is 0 Å². The largest absolute Gasteiger partial charge is 0.314 e. The summed E-state index contributed by atoms with van der Waals surface area (Å²) in [5.41, 5.74) is 1.92. The van der Waals surface area contributed by atoms with Crippen molar-refractivity contribution in [2.75, 3.05) is 39.3 Å². The quantitative estimate of drug-likeness (QED) is 0.701. The Hall–Kier alpha value is -0.370. The normalized spacial score (nSPS) is 15.5. The predicted molar refractivity (Wildman–Crippen MR) is 100 cm³/mol. The summed E-state index contributed by atoms with van der Waals surface area (Å²) in [6.07, 6.45) is 0.854. The lowest BCUT2D eigenvalue weighted by Crippen LogP contribution is -2.44. The summed E-state index contributed by atoms with van der Waals surface area (Å²) in [5, 5.41) is 3.31. The molecule has 0 saturated carbocycles. The van der Waals surface area contributed by atoms with Gasteiger partial charge in [0.05, 0.1) is 5.75 Å². The van der Waals surface area contributed by atoms with E-state index in [9.17, 15) is 8.42 Å². The summed E-state index contributed by atoms with van der Waals surface area (Å²) < 4.78 is 26.8. The summed E-state index contributed by atoms with van der Waals surface area (Å²) in [7, 11) is -3.24. The number of hydrogen-bond acceptors (Lipinski definition) is 4. The molecule has 0 amide bonds. The molecule has 1 heterocycles. The summed E-state index contributed by atoms with van der Waals surface area (Å²) in [6, 6.07) is 7.63. The molecule has 0 bridgehead atoms. The lowest BCUT2D eigenvalue weighted by molar-refractivity contribution is 0.239. The monoisotopic (exact) mass is 383 g/mol. The third-order valence-corrected chi connectivity index (χ3v) is 4.98. The van der Waals surface area contributed by atoms with Gasteiger partial charge in [-0.15, -0.1) is 24.8 Å². The Kier molecular flexibility index (Phi) is 11.1. The Morgan fingerprint density at radius 3 is 2.57 bits per heavy atom. The topological polar surface area (TPSA) is 61.4 Å². The zero-order valence-electron chi connectivity index (χ0n) is 13.5. The van der Waals surface area contributed by atoms with Gasteiger partial charge in [0.15, 0.2) is 0 Å². The number of aryl methyl sites for hydroxylation is 1. The Bertz CT molecular complexity index is 549. The van der Waals surface area contributed by atoms with Gasteiger partial charge in [-0.1, -0.05) is 29.8 Å². The number of hydrogen-bond donors (Lipinski definition) is 2. The van der Waals surface area contributed by atoms with Crippen LogP contribution in [0.2, 0.25) is 0 Å². The molecule has 5 nitrogen and oxygen atoms in total. The van der Waals surface area contributed by atoms with Gasteiger partial charge in [0.1, 0.15) is 0 Å². The summed E-state index contributed by atoms with van der Waals surface area (Å²) in [5.74, 6) is 0.0579. The van der Waals surface area contributed by atoms with Gasteiger partial charge in [0, 0.05) is 32.7 Å². The number of nitrogens with zero attached hydrogens (tertiary/aromatic N) is 1. The molecule has 1 aromatic rings. The van der Waals surface area contributed by atoms with E-state index in [0.29, 0.717) is 6.54 Å². The second-order valence-corrected chi connectivity index (χ2v) is 7.39. The first-order chi connectivity index (χ1) is 10.1. The highest BCUT2D eigenvalue weighted by molar-refractivity contribution is 7.88. The zero-order chi connectivity index (χ0) is 15.1. The Labute approximate surface area is 152 Å². The smallest absolute Gasteiger partial charge is 0.215 e. The van der Waals surface area contributed by atoms with Gasteiger partial charge in [-0.2, -0.15) is 0 Å². The van der Waals surface area contributed by atoms with Crippen molar-refractivity contribution in [3.8, 4) is 0 Å². The summed E-state index contributed by atoms with van der Waals surface area (Å²) in [4.78, 5) is 2.37. The second-order valence-electron chi connectivity index (χ2n) is 5.59. The molecule has 0 unspecified atom stereocenters. The molecule has 0 aromatic heterocycles. The number of piperazine rings is 1. The zero-order valence-corrected chi connectivity index (χ0v) is 15.9. The summed E-state index contributed by atoms with van der Waals surface area (Å²) in [6.45, 7) is 7.59. The third-order valence-electron chi connectivity index (χ3n) is 3.62. The van der Waals surface area contributed by atoms with Gasteiger partial charge in [-0.25, -0.2) is 13.1 Å². The highest BCUT2D eigenvalue weighted by Gasteiger charge is 2.12. The average molecular weight is 384 g/mol. The highest BCUT2D eigenvalue weighted by Crippen LogP contribution is 2.07. The van der Waals surface area contributed by atoms with Crippen molar-refractivity contribution in [1.82, 2.24) is 14.9 Å². The maximum atomic E-state index is 12.0. The van der Waals surface area contributed by atoms with Crippen molar-refractivity contribution >= 4 is 34.8 Å². The molecular weight excluding hydrogens is 357 g/mol. The van der Waals surface area contributed by atoms with Gasteiger partial charge < -0.3 is 10.2 Å². The van der Waals surface area contributed by atoms with Crippen LogP contribution in [0, 0.1) is 6.92 Å².